The van der Waals surface area contributed by atoms with Gasteiger partial charge in [-0.2, -0.15) is 0 Å². The summed E-state index contributed by atoms with van der Waals surface area (Å²) in [5, 5.41) is 10.3. The van der Waals surface area contributed by atoms with Crippen LogP contribution in [0, 0.1) is 0 Å². The van der Waals surface area contributed by atoms with Gasteiger partial charge >= 0.3 is 0 Å². The van der Waals surface area contributed by atoms with Crippen LogP contribution in [0.25, 0.3) is 0 Å². The van der Waals surface area contributed by atoms with Crippen molar-refractivity contribution in [1.29, 1.82) is 0 Å². The number of amides is 1. The van der Waals surface area contributed by atoms with Gasteiger partial charge in [0.25, 0.3) is 0 Å². The summed E-state index contributed by atoms with van der Waals surface area (Å²) in [4.78, 5) is 14.3. The summed E-state index contributed by atoms with van der Waals surface area (Å²) in [5.41, 5.74) is 2.96. The van der Waals surface area contributed by atoms with Crippen LogP contribution in [0.3, 0.4) is 0 Å². The quantitative estimate of drug-likeness (QED) is 0.803. The van der Waals surface area contributed by atoms with Crippen LogP contribution in [-0.2, 0) is 24.2 Å². The smallest absolute Gasteiger partial charge is 0.227 e. The van der Waals surface area contributed by atoms with E-state index in [1.807, 2.05) is 35.2 Å². The molecule has 2 aromatic rings. The van der Waals surface area contributed by atoms with Crippen LogP contribution in [0.5, 0.6) is 11.5 Å². The Kier molecular flexibility index (Phi) is 5.82. The zero-order valence-electron chi connectivity index (χ0n) is 14.1. The highest BCUT2D eigenvalue weighted by atomic mass is 35.5. The average molecular weight is 360 g/mol. The lowest BCUT2D eigenvalue weighted by Gasteiger charge is -2.19. The zero-order chi connectivity index (χ0) is 17.6. The van der Waals surface area contributed by atoms with Crippen LogP contribution in [0.1, 0.15) is 23.1 Å². The first kappa shape index (κ1) is 17.6. The Labute approximate surface area is 153 Å². The second-order valence-electron chi connectivity index (χ2n) is 6.21. The van der Waals surface area contributed by atoms with Crippen LogP contribution in [-0.4, -0.2) is 34.9 Å². The van der Waals surface area contributed by atoms with Crippen molar-refractivity contribution in [1.82, 2.24) is 4.90 Å². The molecule has 0 aliphatic carbocycles. The average Bonchev–Trinajstić information content (AvgIpc) is 2.77. The fourth-order valence-corrected chi connectivity index (χ4v) is 3.16. The lowest BCUT2D eigenvalue weighted by atomic mass is 10.0. The Morgan fingerprint density at radius 2 is 1.96 bits per heavy atom. The van der Waals surface area contributed by atoms with E-state index >= 15 is 0 Å². The Bertz CT molecular complexity index is 733. The van der Waals surface area contributed by atoms with Gasteiger partial charge in [0.15, 0.2) is 11.5 Å². The minimum absolute atomic E-state index is 0.101. The fraction of sp³-hybridized carbons (Fsp3) is 0.350. The van der Waals surface area contributed by atoms with Crippen molar-refractivity contribution in [2.45, 2.75) is 25.9 Å². The molecule has 1 heterocycles. The molecular formula is C20H22ClNO3. The fourth-order valence-electron chi connectivity index (χ4n) is 3.04. The molecule has 1 aliphatic rings. The van der Waals surface area contributed by atoms with Gasteiger partial charge in [-0.1, -0.05) is 30.3 Å². The topological polar surface area (TPSA) is 49.8 Å². The molecule has 0 radical (unpaired) electrons. The first-order chi connectivity index (χ1) is 12.2. The molecular weight excluding hydrogens is 338 g/mol. The predicted molar refractivity (Wildman–Crippen MR) is 98.2 cm³/mol. The molecule has 3 rings (SSSR count). The molecule has 1 amide bonds. The first-order valence-corrected chi connectivity index (χ1v) is 9.06. The normalized spacial score (nSPS) is 14.1. The summed E-state index contributed by atoms with van der Waals surface area (Å²) in [5.74, 6) is 1.19. The van der Waals surface area contributed by atoms with E-state index in [0.717, 1.165) is 29.5 Å². The van der Waals surface area contributed by atoms with Gasteiger partial charge < -0.3 is 14.7 Å². The van der Waals surface area contributed by atoms with Gasteiger partial charge in [-0.15, -0.1) is 11.6 Å². The number of benzene rings is 2. The Morgan fingerprint density at radius 1 is 1.16 bits per heavy atom. The van der Waals surface area contributed by atoms with Crippen molar-refractivity contribution in [2.75, 3.05) is 19.0 Å². The maximum Gasteiger partial charge on any atom is 0.227 e. The molecule has 132 valence electrons. The molecule has 0 unspecified atom stereocenters. The number of hydrogen-bond acceptors (Lipinski definition) is 3. The number of halogens is 1. The van der Waals surface area contributed by atoms with Gasteiger partial charge in [-0.05, 0) is 41.7 Å². The summed E-state index contributed by atoms with van der Waals surface area (Å²) in [6.07, 6.45) is 1.86. The number of phenolic OH excluding ortho intramolecular Hbond substituents is 1. The number of carbonyl (C=O) groups is 1. The molecule has 4 nitrogen and oxygen atoms in total. The number of carbonyl (C=O) groups excluding carboxylic acids is 1. The summed E-state index contributed by atoms with van der Waals surface area (Å²) in [7, 11) is 0. The highest BCUT2D eigenvalue weighted by Gasteiger charge is 2.22. The molecule has 0 fully saturated rings. The molecule has 0 atom stereocenters. The standard InChI is InChI=1S/C20H22ClNO3/c21-8-4-9-22-10-7-16-11-18(23)19(12-17(16)13-20(22)24)25-14-15-5-2-1-3-6-15/h1-3,5-6,11-12,23H,4,7-10,13-14H2. The third-order valence-corrected chi connectivity index (χ3v) is 4.69. The van der Waals surface area contributed by atoms with Crippen molar-refractivity contribution >= 4 is 17.5 Å². The highest BCUT2D eigenvalue weighted by Crippen LogP contribution is 2.32. The number of rotatable bonds is 6. The number of alkyl halides is 1. The van der Waals surface area contributed by atoms with Crippen molar-refractivity contribution < 1.29 is 14.6 Å². The first-order valence-electron chi connectivity index (χ1n) is 8.52. The molecule has 0 saturated heterocycles. The van der Waals surface area contributed by atoms with E-state index in [4.69, 9.17) is 16.3 Å². The van der Waals surface area contributed by atoms with Crippen molar-refractivity contribution in [3.05, 3.63) is 59.2 Å². The Hall–Kier alpha value is -2.20. The van der Waals surface area contributed by atoms with Gasteiger partial charge in [-0.25, -0.2) is 0 Å². The molecule has 0 aromatic heterocycles. The largest absolute Gasteiger partial charge is 0.504 e. The van der Waals surface area contributed by atoms with E-state index in [9.17, 15) is 9.90 Å². The Balaban J connectivity index is 1.74. The van der Waals surface area contributed by atoms with E-state index in [1.165, 1.54) is 0 Å². The lowest BCUT2D eigenvalue weighted by molar-refractivity contribution is -0.130. The summed E-state index contributed by atoms with van der Waals surface area (Å²) in [6, 6.07) is 13.3. The maximum atomic E-state index is 12.4. The lowest BCUT2D eigenvalue weighted by Crippen LogP contribution is -2.33. The van der Waals surface area contributed by atoms with Crippen LogP contribution < -0.4 is 4.74 Å². The van der Waals surface area contributed by atoms with Crippen molar-refractivity contribution in [3.8, 4) is 11.5 Å². The molecule has 5 heteroatoms. The van der Waals surface area contributed by atoms with E-state index < -0.39 is 0 Å². The highest BCUT2D eigenvalue weighted by molar-refractivity contribution is 6.17. The van der Waals surface area contributed by atoms with Gasteiger partial charge in [0.1, 0.15) is 6.61 Å². The van der Waals surface area contributed by atoms with Gasteiger partial charge in [0.05, 0.1) is 6.42 Å². The molecule has 1 aliphatic heterocycles. The van der Waals surface area contributed by atoms with E-state index in [2.05, 4.69) is 0 Å². The zero-order valence-corrected chi connectivity index (χ0v) is 14.8. The van der Waals surface area contributed by atoms with Crippen molar-refractivity contribution in [3.63, 3.8) is 0 Å². The molecule has 0 bridgehead atoms. The summed E-state index contributed by atoms with van der Waals surface area (Å²) in [6.45, 7) is 1.72. The third kappa shape index (κ3) is 4.45. The number of phenols is 1. The van der Waals surface area contributed by atoms with Crippen molar-refractivity contribution in [2.24, 2.45) is 0 Å². The van der Waals surface area contributed by atoms with Gasteiger partial charge in [-0.3, -0.25) is 4.79 Å². The molecule has 2 aromatic carbocycles. The molecule has 0 saturated carbocycles. The van der Waals surface area contributed by atoms with Crippen LogP contribution >= 0.6 is 11.6 Å². The second-order valence-corrected chi connectivity index (χ2v) is 6.59. The number of fused-ring (bicyclic) bond motifs is 1. The minimum atomic E-state index is 0.101. The molecule has 1 N–H and O–H groups in total. The number of nitrogens with zero attached hydrogens (tertiary/aromatic N) is 1. The van der Waals surface area contributed by atoms with E-state index in [-0.39, 0.29) is 11.7 Å². The van der Waals surface area contributed by atoms with Crippen LogP contribution in [0.4, 0.5) is 0 Å². The number of ether oxygens (including phenoxy) is 1. The predicted octanol–water partition coefficient (Wildman–Crippen LogP) is 3.53. The van der Waals surface area contributed by atoms with E-state index in [0.29, 0.717) is 37.7 Å². The molecule has 25 heavy (non-hydrogen) atoms. The number of aromatic hydroxyl groups is 1. The monoisotopic (exact) mass is 359 g/mol. The second kappa shape index (κ2) is 8.26. The number of hydrogen-bond donors (Lipinski definition) is 1. The van der Waals surface area contributed by atoms with Gasteiger partial charge in [0.2, 0.25) is 5.91 Å². The van der Waals surface area contributed by atoms with Crippen LogP contribution in [0.2, 0.25) is 0 Å². The Morgan fingerprint density at radius 3 is 2.72 bits per heavy atom. The summed E-state index contributed by atoms with van der Waals surface area (Å²) >= 11 is 5.74. The van der Waals surface area contributed by atoms with Crippen LogP contribution in [0.15, 0.2) is 42.5 Å². The third-order valence-electron chi connectivity index (χ3n) is 4.43. The van der Waals surface area contributed by atoms with E-state index in [1.54, 1.807) is 12.1 Å². The minimum Gasteiger partial charge on any atom is -0.504 e. The SMILES string of the molecule is O=C1Cc2cc(OCc3ccccc3)c(O)cc2CCN1CCCCl. The summed E-state index contributed by atoms with van der Waals surface area (Å²) < 4.78 is 5.76. The molecule has 0 spiro atoms. The maximum absolute atomic E-state index is 12.4. The van der Waals surface area contributed by atoms with Gasteiger partial charge in [0, 0.05) is 19.0 Å².